The van der Waals surface area contributed by atoms with Crippen LogP contribution in [0.4, 0.5) is 0 Å². The lowest BCUT2D eigenvalue weighted by atomic mass is 10.4. The predicted octanol–water partition coefficient (Wildman–Crippen LogP) is 4.00. The summed E-state index contributed by atoms with van der Waals surface area (Å²) < 4.78 is 16.8. The van der Waals surface area contributed by atoms with Crippen LogP contribution in [0.1, 0.15) is 83.1 Å². The van der Waals surface area contributed by atoms with Crippen molar-refractivity contribution in [3.63, 3.8) is 0 Å². The molecule has 0 atom stereocenters. The Labute approximate surface area is 201 Å². The van der Waals surface area contributed by atoms with Crippen molar-refractivity contribution in [3.8, 4) is 0 Å². The molecule has 10 heteroatoms. The van der Waals surface area contributed by atoms with Gasteiger partial charge in [-0.3, -0.25) is 19.2 Å². The van der Waals surface area contributed by atoms with Gasteiger partial charge in [-0.15, -0.1) is 0 Å². The molecule has 0 aromatic carbocycles. The minimum atomic E-state index is -0.245. The summed E-state index contributed by atoms with van der Waals surface area (Å²) in [7, 11) is 5.55. The van der Waals surface area contributed by atoms with E-state index >= 15 is 0 Å². The highest BCUT2D eigenvalue weighted by atomic mass is 16.5. The number of ketones is 3. The molecular formula is C23H50O10. The number of esters is 3. The minimum Gasteiger partial charge on any atom is -0.469 e. The number of methoxy groups -OCH3 is 4. The van der Waals surface area contributed by atoms with Crippen LogP contribution in [0.15, 0.2) is 0 Å². The largest absolute Gasteiger partial charge is 0.469 e. The van der Waals surface area contributed by atoms with Crippen molar-refractivity contribution < 1.29 is 47.7 Å². The summed E-state index contributed by atoms with van der Waals surface area (Å²) >= 11 is 0. The van der Waals surface area contributed by atoms with Gasteiger partial charge in [-0.25, -0.2) is 0 Å². The van der Waals surface area contributed by atoms with Gasteiger partial charge >= 0.3 is 17.9 Å². The first-order chi connectivity index (χ1) is 14.6. The molecular weight excluding hydrogens is 436 g/mol. The van der Waals surface area contributed by atoms with E-state index in [0.29, 0.717) is 6.42 Å². The molecule has 0 rings (SSSR count). The minimum absolute atomic E-state index is 0. The molecule has 10 nitrogen and oxygen atoms in total. The maximum absolute atomic E-state index is 9.92. The Morgan fingerprint density at radius 2 is 0.697 bits per heavy atom. The molecule has 0 saturated heterocycles. The van der Waals surface area contributed by atoms with E-state index in [1.165, 1.54) is 70.0 Å². The molecule has 0 aliphatic heterocycles. The fourth-order valence-electron chi connectivity index (χ4n) is 0.203. The van der Waals surface area contributed by atoms with Crippen LogP contribution in [0, 0.1) is 0 Å². The highest BCUT2D eigenvalue weighted by molar-refractivity contribution is 5.76. The topological polar surface area (TPSA) is 139 Å². The standard InChI is InChI=1S/C4H8O2.C4H8O.3C3H6O2.C3H6O.C2H6.CH4/c1-4(5)3-6-2;1-3-4(2)5;3*1-3(4)5-2;1-3(2)4;1-2;/h3H2,1-2H3;3H2,1-2H3;3*1-2H3;1-2H3;1-2H3;1H4. The van der Waals surface area contributed by atoms with Gasteiger partial charge in [0.05, 0.1) is 21.3 Å². The first-order valence-electron chi connectivity index (χ1n) is 9.67. The highest BCUT2D eigenvalue weighted by Crippen LogP contribution is 1.71. The zero-order valence-corrected chi connectivity index (χ0v) is 22.5. The highest BCUT2D eigenvalue weighted by Gasteiger charge is 1.83. The Hall–Kier alpha value is -2.62. The lowest BCUT2D eigenvalue weighted by Gasteiger charge is -1.84. The second-order valence-electron chi connectivity index (χ2n) is 5.19. The van der Waals surface area contributed by atoms with Gasteiger partial charge < -0.3 is 28.5 Å². The van der Waals surface area contributed by atoms with Gasteiger partial charge in [0, 0.05) is 34.3 Å². The molecule has 0 heterocycles. The van der Waals surface area contributed by atoms with E-state index in [4.69, 9.17) is 0 Å². The molecule has 0 aliphatic rings. The van der Waals surface area contributed by atoms with E-state index in [1.54, 1.807) is 6.92 Å². The molecule has 0 saturated carbocycles. The van der Waals surface area contributed by atoms with Gasteiger partial charge in [-0.05, 0) is 27.7 Å². The number of rotatable bonds is 3. The lowest BCUT2D eigenvalue weighted by molar-refractivity contribution is -0.138. The zero-order valence-electron chi connectivity index (χ0n) is 22.5. The van der Waals surface area contributed by atoms with E-state index in [9.17, 15) is 28.8 Å². The van der Waals surface area contributed by atoms with Crippen molar-refractivity contribution in [3.05, 3.63) is 0 Å². The molecule has 0 unspecified atom stereocenters. The normalized spacial score (nSPS) is 6.73. The van der Waals surface area contributed by atoms with Crippen molar-refractivity contribution in [2.75, 3.05) is 35.0 Å². The van der Waals surface area contributed by atoms with Crippen LogP contribution in [0.3, 0.4) is 0 Å². The van der Waals surface area contributed by atoms with Gasteiger partial charge in [0.1, 0.15) is 18.2 Å². The van der Waals surface area contributed by atoms with Crippen LogP contribution in [0.5, 0.6) is 0 Å². The van der Waals surface area contributed by atoms with Crippen molar-refractivity contribution in [2.45, 2.75) is 83.1 Å². The van der Waals surface area contributed by atoms with Gasteiger partial charge in [0.2, 0.25) is 0 Å². The summed E-state index contributed by atoms with van der Waals surface area (Å²) in [5.74, 6) is -0.248. The molecule has 0 fully saturated rings. The third-order valence-electron chi connectivity index (χ3n) is 1.71. The Morgan fingerprint density at radius 1 is 0.545 bits per heavy atom. The molecule has 0 bridgehead atoms. The number of hydrogen-bond donors (Lipinski definition) is 0. The number of hydrogen-bond acceptors (Lipinski definition) is 10. The van der Waals surface area contributed by atoms with E-state index in [-0.39, 0.29) is 49.3 Å². The van der Waals surface area contributed by atoms with Crippen molar-refractivity contribution in [1.82, 2.24) is 0 Å². The van der Waals surface area contributed by atoms with Crippen molar-refractivity contribution in [1.29, 1.82) is 0 Å². The van der Waals surface area contributed by atoms with E-state index < -0.39 is 0 Å². The van der Waals surface area contributed by atoms with Gasteiger partial charge in [-0.2, -0.15) is 0 Å². The first-order valence-corrected chi connectivity index (χ1v) is 9.67. The molecule has 202 valence electrons. The molecule has 0 spiro atoms. The first kappa shape index (κ1) is 52.4. The fourth-order valence-corrected chi connectivity index (χ4v) is 0.203. The molecule has 0 N–H and O–H groups in total. The van der Waals surface area contributed by atoms with Gasteiger partial charge in [0.15, 0.2) is 5.78 Å². The molecule has 0 radical (unpaired) electrons. The summed E-state index contributed by atoms with van der Waals surface area (Å²) in [5, 5.41) is 0. The van der Waals surface area contributed by atoms with Gasteiger partial charge in [0.25, 0.3) is 0 Å². The average Bonchev–Trinajstić information content (AvgIpc) is 2.70. The Morgan fingerprint density at radius 3 is 0.697 bits per heavy atom. The van der Waals surface area contributed by atoms with E-state index in [1.807, 2.05) is 20.8 Å². The van der Waals surface area contributed by atoms with E-state index in [0.717, 1.165) is 0 Å². The second-order valence-corrected chi connectivity index (χ2v) is 5.19. The van der Waals surface area contributed by atoms with Gasteiger partial charge in [-0.1, -0.05) is 28.2 Å². The van der Waals surface area contributed by atoms with Crippen LogP contribution in [-0.2, 0) is 47.7 Å². The number of Topliss-reactive ketones (excluding diaryl/α,β-unsaturated/α-hetero) is 3. The lowest BCUT2D eigenvalue weighted by Crippen LogP contribution is -1.98. The Balaban J connectivity index is -0.0000000372. The van der Waals surface area contributed by atoms with E-state index in [2.05, 4.69) is 18.9 Å². The number of carbonyl (C=O) groups excluding carboxylic acids is 6. The third kappa shape index (κ3) is 314. The van der Waals surface area contributed by atoms with Crippen molar-refractivity contribution >= 4 is 35.3 Å². The number of carbonyl (C=O) groups is 6. The molecule has 0 aromatic heterocycles. The number of ether oxygens (including phenoxy) is 4. The average molecular weight is 487 g/mol. The molecule has 33 heavy (non-hydrogen) atoms. The smallest absolute Gasteiger partial charge is 0.302 e. The maximum atomic E-state index is 9.92. The fraction of sp³-hybridized carbons (Fsp3) is 0.739. The monoisotopic (exact) mass is 486 g/mol. The van der Waals surface area contributed by atoms with Crippen LogP contribution in [0.25, 0.3) is 0 Å². The molecule has 0 amide bonds. The Bertz CT molecular complexity index is 398. The van der Waals surface area contributed by atoms with Crippen LogP contribution >= 0.6 is 0 Å². The summed E-state index contributed by atoms with van der Waals surface area (Å²) in [5.41, 5.74) is 0. The Kier molecular flexibility index (Phi) is 82.1. The van der Waals surface area contributed by atoms with Crippen LogP contribution < -0.4 is 0 Å². The SMILES string of the molecule is C.CC.CC(C)=O.CCC(C)=O.COC(C)=O.COC(C)=O.COC(C)=O.COCC(C)=O. The summed E-state index contributed by atoms with van der Waals surface area (Å²) in [6.45, 7) is 16.3. The molecule has 0 aromatic rings. The summed E-state index contributed by atoms with van der Waals surface area (Å²) in [4.78, 5) is 57.9. The van der Waals surface area contributed by atoms with Crippen LogP contribution in [0.2, 0.25) is 0 Å². The zero-order chi connectivity index (χ0) is 27.7. The summed E-state index contributed by atoms with van der Waals surface area (Å²) in [6, 6.07) is 0. The third-order valence-corrected chi connectivity index (χ3v) is 1.71. The molecule has 0 aliphatic carbocycles. The quantitative estimate of drug-likeness (QED) is 0.424. The maximum Gasteiger partial charge on any atom is 0.302 e. The van der Waals surface area contributed by atoms with Crippen LogP contribution in [-0.4, -0.2) is 70.3 Å². The summed E-state index contributed by atoms with van der Waals surface area (Å²) in [6.07, 6.45) is 0.667. The second kappa shape index (κ2) is 51.8. The van der Waals surface area contributed by atoms with Crippen molar-refractivity contribution in [2.24, 2.45) is 0 Å². The predicted molar refractivity (Wildman–Crippen MR) is 131 cm³/mol.